The third-order valence-electron chi connectivity index (χ3n) is 6.34. The van der Waals surface area contributed by atoms with Gasteiger partial charge in [-0.25, -0.2) is 4.98 Å². The zero-order valence-electron chi connectivity index (χ0n) is 19.9. The first-order chi connectivity index (χ1) is 17.0. The second-order valence-electron chi connectivity index (χ2n) is 9.15. The lowest BCUT2D eigenvalue weighted by Gasteiger charge is -2.34. The van der Waals surface area contributed by atoms with Crippen LogP contribution in [0.2, 0.25) is 0 Å². The predicted molar refractivity (Wildman–Crippen MR) is 133 cm³/mol. The van der Waals surface area contributed by atoms with E-state index in [4.69, 9.17) is 0 Å². The van der Waals surface area contributed by atoms with Gasteiger partial charge in [-0.2, -0.15) is 13.2 Å². The van der Waals surface area contributed by atoms with Crippen molar-refractivity contribution in [1.82, 2.24) is 4.98 Å². The van der Waals surface area contributed by atoms with Crippen LogP contribution in [-0.4, -0.2) is 40.4 Å². The molecule has 0 radical (unpaired) electrons. The van der Waals surface area contributed by atoms with E-state index in [1.54, 1.807) is 23.1 Å². The van der Waals surface area contributed by atoms with Gasteiger partial charge in [0, 0.05) is 29.1 Å². The fraction of sp³-hybridized carbons (Fsp3) is 0.333. The van der Waals surface area contributed by atoms with Gasteiger partial charge in [0.05, 0.1) is 11.7 Å². The van der Waals surface area contributed by atoms with Crippen LogP contribution in [0.15, 0.2) is 70.6 Å². The van der Waals surface area contributed by atoms with Crippen LogP contribution >= 0.6 is 11.8 Å². The Bertz CT molecular complexity index is 1250. The number of rotatable bonds is 6. The molecule has 4 rings (SSSR count). The van der Waals surface area contributed by atoms with Crippen LogP contribution in [0.3, 0.4) is 0 Å². The molecule has 1 fully saturated rings. The average molecular weight is 517 g/mol. The van der Waals surface area contributed by atoms with Crippen LogP contribution in [0.25, 0.3) is 11.1 Å². The number of halogens is 3. The summed E-state index contributed by atoms with van der Waals surface area (Å²) in [6.45, 7) is 4.50. The molecule has 0 amide bonds. The van der Waals surface area contributed by atoms with Gasteiger partial charge in [0.1, 0.15) is 11.7 Å². The van der Waals surface area contributed by atoms with E-state index in [1.165, 1.54) is 12.3 Å². The van der Waals surface area contributed by atoms with Crippen molar-refractivity contribution in [2.24, 2.45) is 5.92 Å². The summed E-state index contributed by atoms with van der Waals surface area (Å²) in [4.78, 5) is 18.4. The zero-order valence-corrected chi connectivity index (χ0v) is 20.7. The van der Waals surface area contributed by atoms with Crippen LogP contribution in [0, 0.1) is 5.92 Å². The number of carboxylic acid groups (broad SMARTS) is 1. The Hall–Kier alpha value is -3.04. The van der Waals surface area contributed by atoms with Crippen molar-refractivity contribution in [3.8, 4) is 11.1 Å². The van der Waals surface area contributed by atoms with Crippen molar-refractivity contribution in [2.75, 3.05) is 18.0 Å². The number of aliphatic hydroxyl groups excluding tert-OH is 1. The van der Waals surface area contributed by atoms with Gasteiger partial charge in [0.2, 0.25) is 0 Å². The molecule has 1 aromatic heterocycles. The fourth-order valence-electron chi connectivity index (χ4n) is 4.35. The van der Waals surface area contributed by atoms with Crippen molar-refractivity contribution in [3.05, 3.63) is 71.9 Å². The van der Waals surface area contributed by atoms with Gasteiger partial charge < -0.3 is 15.1 Å². The van der Waals surface area contributed by atoms with Gasteiger partial charge >= 0.3 is 12.1 Å². The van der Waals surface area contributed by atoms with Gasteiger partial charge in [-0.1, -0.05) is 49.9 Å². The van der Waals surface area contributed by atoms with Crippen LogP contribution in [0.5, 0.6) is 0 Å². The summed E-state index contributed by atoms with van der Waals surface area (Å²) in [5.74, 6) is -1.41. The van der Waals surface area contributed by atoms with E-state index in [-0.39, 0.29) is 23.8 Å². The smallest absolute Gasteiger partial charge is 0.417 e. The number of alkyl halides is 3. The van der Waals surface area contributed by atoms with E-state index < -0.39 is 29.7 Å². The number of hydrogen-bond acceptors (Lipinski definition) is 5. The van der Waals surface area contributed by atoms with E-state index in [9.17, 15) is 28.2 Å². The molecule has 0 unspecified atom stereocenters. The second kappa shape index (κ2) is 10.5. The summed E-state index contributed by atoms with van der Waals surface area (Å²) in [6.07, 6.45) is -3.72. The highest BCUT2D eigenvalue weighted by Crippen LogP contribution is 2.43. The van der Waals surface area contributed by atoms with Crippen molar-refractivity contribution in [1.29, 1.82) is 0 Å². The molecule has 190 valence electrons. The highest BCUT2D eigenvalue weighted by molar-refractivity contribution is 7.99. The van der Waals surface area contributed by atoms with Crippen molar-refractivity contribution in [3.63, 3.8) is 0 Å². The lowest BCUT2D eigenvalue weighted by atomic mass is 9.94. The SMILES string of the molecule is CC(C)c1ccccc1Sc1ccc(-c2ccnc(N3CC[C@@H](O)[C@H](C(=O)O)C3)c2)cc1C(F)(F)F. The Labute approximate surface area is 212 Å². The normalized spacial score (nSPS) is 18.5. The Balaban J connectivity index is 1.67. The lowest BCUT2D eigenvalue weighted by molar-refractivity contribution is -0.146. The van der Waals surface area contributed by atoms with E-state index in [1.807, 2.05) is 38.1 Å². The summed E-state index contributed by atoms with van der Waals surface area (Å²) in [7, 11) is 0. The first-order valence-corrected chi connectivity index (χ1v) is 12.5. The summed E-state index contributed by atoms with van der Waals surface area (Å²) >= 11 is 1.11. The zero-order chi connectivity index (χ0) is 26.0. The standard InChI is InChI=1S/C27H27F3N2O3S/c1-16(2)19-5-3-4-6-23(19)36-24-8-7-17(13-21(24)27(28,29)30)18-9-11-31-25(14-18)32-12-10-22(33)20(15-32)26(34)35/h3-9,11,13-14,16,20,22,33H,10,12,15H2,1-2H3,(H,34,35)/t20-,22-/m1/s1. The molecule has 36 heavy (non-hydrogen) atoms. The maximum absolute atomic E-state index is 14.1. The molecule has 1 saturated heterocycles. The van der Waals surface area contributed by atoms with E-state index in [0.717, 1.165) is 28.3 Å². The largest absolute Gasteiger partial charge is 0.481 e. The Morgan fingerprint density at radius 3 is 2.50 bits per heavy atom. The molecule has 0 aliphatic carbocycles. The third kappa shape index (κ3) is 5.68. The van der Waals surface area contributed by atoms with Gasteiger partial charge in [-0.15, -0.1) is 0 Å². The lowest BCUT2D eigenvalue weighted by Crippen LogP contribution is -2.46. The monoisotopic (exact) mass is 516 g/mol. The van der Waals surface area contributed by atoms with E-state index in [2.05, 4.69) is 4.98 Å². The molecule has 5 nitrogen and oxygen atoms in total. The number of carbonyl (C=O) groups is 1. The highest BCUT2D eigenvalue weighted by Gasteiger charge is 2.35. The van der Waals surface area contributed by atoms with Crippen LogP contribution in [-0.2, 0) is 11.0 Å². The minimum Gasteiger partial charge on any atom is -0.481 e. The Morgan fingerprint density at radius 2 is 1.81 bits per heavy atom. The number of carboxylic acids is 1. The van der Waals surface area contributed by atoms with E-state index >= 15 is 0 Å². The molecule has 2 heterocycles. The minimum atomic E-state index is -4.54. The summed E-state index contributed by atoms with van der Waals surface area (Å²) in [6, 6.07) is 15.1. The second-order valence-corrected chi connectivity index (χ2v) is 10.2. The van der Waals surface area contributed by atoms with Crippen LogP contribution in [0.1, 0.15) is 37.3 Å². The first kappa shape index (κ1) is 26.0. The number of aromatic nitrogens is 1. The molecule has 3 aromatic rings. The minimum absolute atomic E-state index is 0.0750. The van der Waals surface area contributed by atoms with E-state index in [0.29, 0.717) is 23.5 Å². The van der Waals surface area contributed by atoms with Crippen molar-refractivity contribution >= 4 is 23.5 Å². The number of anilines is 1. The molecule has 0 spiro atoms. The molecule has 2 aromatic carbocycles. The maximum Gasteiger partial charge on any atom is 0.417 e. The first-order valence-electron chi connectivity index (χ1n) is 11.6. The average Bonchev–Trinajstić information content (AvgIpc) is 2.84. The van der Waals surface area contributed by atoms with Crippen molar-refractivity contribution < 1.29 is 28.2 Å². The highest BCUT2D eigenvalue weighted by atomic mass is 32.2. The molecule has 1 aliphatic rings. The summed E-state index contributed by atoms with van der Waals surface area (Å²) in [5, 5.41) is 19.4. The quantitative estimate of drug-likeness (QED) is 0.400. The Morgan fingerprint density at radius 1 is 1.08 bits per heavy atom. The van der Waals surface area contributed by atoms with Gasteiger partial charge in [-0.05, 0) is 59.4 Å². The molecular weight excluding hydrogens is 489 g/mol. The number of pyridine rings is 1. The Kier molecular flexibility index (Phi) is 7.61. The molecule has 0 saturated carbocycles. The van der Waals surface area contributed by atoms with Crippen LogP contribution < -0.4 is 4.90 Å². The number of aliphatic carboxylic acids is 1. The number of piperidine rings is 1. The number of hydrogen-bond donors (Lipinski definition) is 2. The van der Waals surface area contributed by atoms with Gasteiger partial charge in [0.25, 0.3) is 0 Å². The molecule has 2 N–H and O–H groups in total. The van der Waals surface area contributed by atoms with Crippen molar-refractivity contribution in [2.45, 2.75) is 48.3 Å². The third-order valence-corrected chi connectivity index (χ3v) is 7.51. The van der Waals surface area contributed by atoms with Gasteiger partial charge in [-0.3, -0.25) is 4.79 Å². The molecule has 1 aliphatic heterocycles. The van der Waals surface area contributed by atoms with Gasteiger partial charge in [0.15, 0.2) is 0 Å². The molecule has 2 atom stereocenters. The number of benzene rings is 2. The summed E-state index contributed by atoms with van der Waals surface area (Å²) in [5.41, 5.74) is 1.21. The molecule has 9 heteroatoms. The van der Waals surface area contributed by atoms with Crippen LogP contribution in [0.4, 0.5) is 19.0 Å². The maximum atomic E-state index is 14.1. The molecule has 0 bridgehead atoms. The number of aliphatic hydroxyl groups is 1. The summed E-state index contributed by atoms with van der Waals surface area (Å²) < 4.78 is 42.4. The fourth-order valence-corrected chi connectivity index (χ4v) is 5.58. The molecular formula is C27H27F3N2O3S. The topological polar surface area (TPSA) is 73.7 Å². The predicted octanol–water partition coefficient (Wildman–Crippen LogP) is 6.31. The number of nitrogens with zero attached hydrogens (tertiary/aromatic N) is 2.